The molecule has 0 bridgehead atoms. The Balaban J connectivity index is 2.30. The molecular formula is C12H13N3O3. The first kappa shape index (κ1) is 12.4. The molecule has 1 aromatic carbocycles. The summed E-state index contributed by atoms with van der Waals surface area (Å²) in [7, 11) is 0. The van der Waals surface area contributed by atoms with Gasteiger partial charge in [-0.15, -0.1) is 0 Å². The van der Waals surface area contributed by atoms with E-state index in [2.05, 4.69) is 10.0 Å². The third-order valence-electron chi connectivity index (χ3n) is 2.97. The van der Waals surface area contributed by atoms with E-state index in [0.717, 1.165) is 5.56 Å². The highest BCUT2D eigenvalue weighted by molar-refractivity contribution is 5.89. The molecule has 1 aliphatic carbocycles. The van der Waals surface area contributed by atoms with Crippen LogP contribution in [-0.4, -0.2) is 23.7 Å². The molecule has 0 unspecified atom stereocenters. The van der Waals surface area contributed by atoms with Gasteiger partial charge in [0.15, 0.2) is 0 Å². The number of carbonyl (C=O) groups excluding carboxylic acids is 1. The van der Waals surface area contributed by atoms with Crippen LogP contribution < -0.4 is 0 Å². The van der Waals surface area contributed by atoms with Crippen molar-refractivity contribution < 1.29 is 14.6 Å². The Morgan fingerprint density at radius 1 is 1.67 bits per heavy atom. The van der Waals surface area contributed by atoms with E-state index in [1.165, 1.54) is 0 Å². The zero-order chi connectivity index (χ0) is 13.1. The largest absolute Gasteiger partial charge is 0.462 e. The molecule has 1 N–H and O–H groups in total. The lowest BCUT2D eigenvalue weighted by atomic mass is 10.1. The Labute approximate surface area is 104 Å². The molecule has 2 rings (SSSR count). The molecule has 0 amide bonds. The lowest BCUT2D eigenvalue weighted by Gasteiger charge is -2.09. The number of aliphatic hydroxyl groups is 1. The fraction of sp³-hybridized carbons (Fsp3) is 0.417. The molecule has 0 aliphatic heterocycles. The van der Waals surface area contributed by atoms with Crippen LogP contribution >= 0.6 is 0 Å². The van der Waals surface area contributed by atoms with Crippen molar-refractivity contribution in [2.24, 2.45) is 5.11 Å². The van der Waals surface area contributed by atoms with Crippen LogP contribution in [0, 0.1) is 0 Å². The number of benzene rings is 1. The van der Waals surface area contributed by atoms with Gasteiger partial charge in [-0.05, 0) is 42.1 Å². The van der Waals surface area contributed by atoms with Gasteiger partial charge in [0.2, 0.25) is 0 Å². The normalized spacial score (nSPS) is 21.0. The van der Waals surface area contributed by atoms with Crippen molar-refractivity contribution in [3.63, 3.8) is 0 Å². The Bertz CT molecular complexity index is 523. The maximum Gasteiger partial charge on any atom is 0.338 e. The number of nitrogens with zero attached hydrogens (tertiary/aromatic N) is 3. The van der Waals surface area contributed by atoms with Crippen LogP contribution in [0.15, 0.2) is 23.3 Å². The van der Waals surface area contributed by atoms with E-state index in [-0.39, 0.29) is 0 Å². The number of hydrogen-bond donors (Lipinski definition) is 1. The van der Waals surface area contributed by atoms with E-state index in [1.807, 2.05) is 0 Å². The molecule has 0 fully saturated rings. The predicted molar refractivity (Wildman–Crippen MR) is 64.0 cm³/mol. The zero-order valence-electron chi connectivity index (χ0n) is 9.91. The maximum absolute atomic E-state index is 11.6. The third kappa shape index (κ3) is 2.16. The van der Waals surface area contributed by atoms with Gasteiger partial charge in [0, 0.05) is 4.91 Å². The zero-order valence-corrected chi connectivity index (χ0v) is 9.91. The van der Waals surface area contributed by atoms with Crippen molar-refractivity contribution in [3.05, 3.63) is 45.3 Å². The number of aliphatic hydroxyl groups excluding tert-OH is 1. The second-order valence-electron chi connectivity index (χ2n) is 4.06. The van der Waals surface area contributed by atoms with Crippen molar-refractivity contribution in [3.8, 4) is 0 Å². The molecule has 1 aromatic rings. The van der Waals surface area contributed by atoms with Gasteiger partial charge in [0.1, 0.15) is 0 Å². The summed E-state index contributed by atoms with van der Waals surface area (Å²) in [5.41, 5.74) is 10.3. The maximum atomic E-state index is 11.6. The van der Waals surface area contributed by atoms with Gasteiger partial charge in [0.05, 0.1) is 24.3 Å². The monoisotopic (exact) mass is 247 g/mol. The lowest BCUT2D eigenvalue weighted by Crippen LogP contribution is -2.10. The number of fused-ring (bicyclic) bond motifs is 1. The van der Waals surface area contributed by atoms with Crippen LogP contribution in [0.1, 0.15) is 34.5 Å². The fourth-order valence-electron chi connectivity index (χ4n) is 2.11. The predicted octanol–water partition coefficient (Wildman–Crippen LogP) is 2.13. The smallest absolute Gasteiger partial charge is 0.338 e. The summed E-state index contributed by atoms with van der Waals surface area (Å²) < 4.78 is 4.89. The first-order valence-electron chi connectivity index (χ1n) is 5.69. The molecule has 0 saturated carbocycles. The second kappa shape index (κ2) is 5.08. The average molecular weight is 247 g/mol. The number of esters is 1. The molecule has 2 atom stereocenters. The molecule has 0 radical (unpaired) electrons. The third-order valence-corrected chi connectivity index (χ3v) is 2.97. The lowest BCUT2D eigenvalue weighted by molar-refractivity contribution is 0.0526. The Kier molecular flexibility index (Phi) is 3.50. The van der Waals surface area contributed by atoms with E-state index < -0.39 is 18.1 Å². The SMILES string of the molecule is CCOC(=O)c1ccc2c(c1)[C@H](O)[C@@H](N=[N+]=[N-])C2. The molecule has 0 heterocycles. The van der Waals surface area contributed by atoms with Crippen LogP contribution in [0.2, 0.25) is 0 Å². The van der Waals surface area contributed by atoms with E-state index in [0.29, 0.717) is 24.2 Å². The van der Waals surface area contributed by atoms with Crippen molar-refractivity contribution in [1.82, 2.24) is 0 Å². The first-order chi connectivity index (χ1) is 8.67. The van der Waals surface area contributed by atoms with Crippen molar-refractivity contribution in [2.75, 3.05) is 6.61 Å². The van der Waals surface area contributed by atoms with Crippen molar-refractivity contribution >= 4 is 5.97 Å². The number of hydrogen-bond acceptors (Lipinski definition) is 4. The summed E-state index contributed by atoms with van der Waals surface area (Å²) in [6.07, 6.45) is -0.366. The summed E-state index contributed by atoms with van der Waals surface area (Å²) in [6, 6.07) is 4.52. The summed E-state index contributed by atoms with van der Waals surface area (Å²) in [5, 5.41) is 13.5. The van der Waals surface area contributed by atoms with Crippen LogP contribution in [-0.2, 0) is 11.2 Å². The Morgan fingerprint density at radius 3 is 3.11 bits per heavy atom. The minimum absolute atomic E-state index is 0.305. The highest BCUT2D eigenvalue weighted by Crippen LogP contribution is 2.34. The molecule has 6 heteroatoms. The van der Waals surface area contributed by atoms with E-state index in [1.54, 1.807) is 25.1 Å². The summed E-state index contributed by atoms with van der Waals surface area (Å²) >= 11 is 0. The number of rotatable bonds is 3. The van der Waals surface area contributed by atoms with Gasteiger partial charge in [-0.1, -0.05) is 11.2 Å². The number of ether oxygens (including phenoxy) is 1. The highest BCUT2D eigenvalue weighted by atomic mass is 16.5. The minimum Gasteiger partial charge on any atom is -0.462 e. The Hall–Kier alpha value is -2.04. The van der Waals surface area contributed by atoms with Crippen LogP contribution in [0.3, 0.4) is 0 Å². The van der Waals surface area contributed by atoms with E-state index in [9.17, 15) is 9.90 Å². The number of azide groups is 1. The second-order valence-corrected chi connectivity index (χ2v) is 4.06. The van der Waals surface area contributed by atoms with Gasteiger partial charge in [-0.3, -0.25) is 0 Å². The fourth-order valence-corrected chi connectivity index (χ4v) is 2.11. The van der Waals surface area contributed by atoms with Crippen LogP contribution in [0.5, 0.6) is 0 Å². The highest BCUT2D eigenvalue weighted by Gasteiger charge is 2.30. The van der Waals surface area contributed by atoms with Gasteiger partial charge < -0.3 is 9.84 Å². The quantitative estimate of drug-likeness (QED) is 0.383. The molecule has 6 nitrogen and oxygen atoms in total. The Morgan fingerprint density at radius 2 is 2.44 bits per heavy atom. The topological polar surface area (TPSA) is 95.3 Å². The summed E-state index contributed by atoms with van der Waals surface area (Å²) in [6.45, 7) is 2.04. The molecule has 18 heavy (non-hydrogen) atoms. The number of carbonyl (C=O) groups is 1. The van der Waals surface area contributed by atoms with Crippen LogP contribution in [0.25, 0.3) is 10.4 Å². The van der Waals surface area contributed by atoms with E-state index >= 15 is 0 Å². The van der Waals surface area contributed by atoms with E-state index in [4.69, 9.17) is 10.3 Å². The van der Waals surface area contributed by atoms with Gasteiger partial charge in [-0.2, -0.15) is 0 Å². The van der Waals surface area contributed by atoms with Gasteiger partial charge in [-0.25, -0.2) is 4.79 Å². The average Bonchev–Trinajstić information content (AvgIpc) is 2.67. The first-order valence-corrected chi connectivity index (χ1v) is 5.69. The van der Waals surface area contributed by atoms with Gasteiger partial charge in [0.25, 0.3) is 0 Å². The minimum atomic E-state index is -0.856. The molecule has 94 valence electrons. The van der Waals surface area contributed by atoms with Crippen molar-refractivity contribution in [2.45, 2.75) is 25.5 Å². The summed E-state index contributed by atoms with van der Waals surface area (Å²) in [5.74, 6) is -0.417. The summed E-state index contributed by atoms with van der Waals surface area (Å²) in [4.78, 5) is 14.3. The molecule has 0 saturated heterocycles. The molecular weight excluding hydrogens is 234 g/mol. The molecule has 0 spiro atoms. The standard InChI is InChI=1S/C12H13N3O3/c1-2-18-12(17)8-4-3-7-6-10(14-15-13)11(16)9(7)5-8/h3-5,10-11,16H,2,6H2,1H3/t10-,11-/m0/s1. The van der Waals surface area contributed by atoms with Crippen LogP contribution in [0.4, 0.5) is 0 Å². The molecule has 0 aromatic heterocycles. The molecule has 1 aliphatic rings. The van der Waals surface area contributed by atoms with Gasteiger partial charge >= 0.3 is 5.97 Å². The van der Waals surface area contributed by atoms with Crippen molar-refractivity contribution in [1.29, 1.82) is 0 Å².